The third-order valence-corrected chi connectivity index (χ3v) is 7.71. The van der Waals surface area contributed by atoms with Gasteiger partial charge < -0.3 is 36.7 Å². The number of halogens is 3. The lowest BCUT2D eigenvalue weighted by atomic mass is 9.79. The van der Waals surface area contributed by atoms with E-state index < -0.39 is 42.8 Å². The SMILES string of the molecule is N=N[C@H]1C[C@@H](N)CN(C(=O)CC[C@H](N)C(=O)N[C@H](CCc2ccc(C(F)(F)F)cc2)C(=O)Nc2ccc3c(c2)B(O)OC3)C1. The molecule has 12 nitrogen and oxygen atoms in total. The van der Waals surface area contributed by atoms with Crippen molar-refractivity contribution in [3.63, 3.8) is 0 Å². The van der Waals surface area contributed by atoms with Gasteiger partial charge in [0.25, 0.3) is 0 Å². The maximum absolute atomic E-state index is 13.3. The monoisotopic (exact) mass is 617 g/mol. The van der Waals surface area contributed by atoms with Gasteiger partial charge in [0.05, 0.1) is 24.3 Å². The number of hydrogen-bond acceptors (Lipinski definition) is 9. The summed E-state index contributed by atoms with van der Waals surface area (Å²) >= 11 is 0. The van der Waals surface area contributed by atoms with Crippen LogP contribution in [0.5, 0.6) is 0 Å². The van der Waals surface area contributed by atoms with Gasteiger partial charge in [-0.1, -0.05) is 18.2 Å². The summed E-state index contributed by atoms with van der Waals surface area (Å²) in [4.78, 5) is 40.6. The molecule has 2 aromatic carbocycles. The van der Waals surface area contributed by atoms with E-state index in [0.29, 0.717) is 29.7 Å². The first kappa shape index (κ1) is 33.0. The zero-order valence-corrected chi connectivity index (χ0v) is 23.8. The number of fused-ring (bicyclic) bond motifs is 1. The Bertz CT molecular complexity index is 1360. The second-order valence-electron chi connectivity index (χ2n) is 11.1. The number of nitrogens with zero attached hydrogens (tertiary/aromatic N) is 2. The van der Waals surface area contributed by atoms with Crippen molar-refractivity contribution >= 4 is 36.0 Å². The van der Waals surface area contributed by atoms with Gasteiger partial charge in [0, 0.05) is 31.2 Å². The lowest BCUT2D eigenvalue weighted by molar-refractivity contribution is -0.137. The molecular weight excluding hydrogens is 582 g/mol. The predicted molar refractivity (Wildman–Crippen MR) is 154 cm³/mol. The maximum Gasteiger partial charge on any atom is 0.491 e. The molecule has 2 heterocycles. The molecular formula is C28H35BF3N7O5. The van der Waals surface area contributed by atoms with Crippen molar-refractivity contribution in [1.29, 1.82) is 5.53 Å². The van der Waals surface area contributed by atoms with Crippen molar-refractivity contribution in [2.45, 2.75) is 69.1 Å². The molecule has 2 aliphatic heterocycles. The lowest BCUT2D eigenvalue weighted by Crippen LogP contribution is -2.52. The molecule has 1 saturated heterocycles. The van der Waals surface area contributed by atoms with Crippen LogP contribution in [-0.2, 0) is 38.2 Å². The number of hydrogen-bond donors (Lipinski definition) is 6. The first-order chi connectivity index (χ1) is 20.8. The molecule has 8 N–H and O–H groups in total. The van der Waals surface area contributed by atoms with Crippen molar-refractivity contribution in [3.8, 4) is 0 Å². The molecule has 0 aliphatic carbocycles. The van der Waals surface area contributed by atoms with E-state index in [1.54, 1.807) is 18.2 Å². The Morgan fingerprint density at radius 3 is 2.55 bits per heavy atom. The van der Waals surface area contributed by atoms with Gasteiger partial charge in [-0.05, 0) is 66.5 Å². The molecule has 0 spiro atoms. The van der Waals surface area contributed by atoms with Crippen LogP contribution in [-0.4, -0.2) is 72.0 Å². The summed E-state index contributed by atoms with van der Waals surface area (Å²) in [5, 5.41) is 18.8. The molecule has 236 valence electrons. The molecule has 16 heteroatoms. The first-order valence-corrected chi connectivity index (χ1v) is 14.2. The summed E-state index contributed by atoms with van der Waals surface area (Å²) in [5.74, 6) is -1.57. The molecule has 2 aliphatic rings. The molecule has 0 unspecified atom stereocenters. The number of carbonyl (C=O) groups excluding carboxylic acids is 3. The van der Waals surface area contributed by atoms with Crippen LogP contribution in [0.4, 0.5) is 18.9 Å². The van der Waals surface area contributed by atoms with Crippen LogP contribution >= 0.6 is 0 Å². The molecule has 44 heavy (non-hydrogen) atoms. The van der Waals surface area contributed by atoms with E-state index in [0.717, 1.165) is 17.7 Å². The molecule has 0 bridgehead atoms. The van der Waals surface area contributed by atoms with Crippen molar-refractivity contribution in [1.82, 2.24) is 10.2 Å². The van der Waals surface area contributed by atoms with E-state index in [9.17, 15) is 32.6 Å². The summed E-state index contributed by atoms with van der Waals surface area (Å²) in [7, 11) is -1.13. The standard InChI is InChI=1S/C28H35BF3N7O5/c30-28(31,32)18-5-1-16(2-6-18)3-9-24(27(42)36-20-7-4-17-15-44-29(43)22(17)12-20)37-26(41)23(34)8-10-25(40)39-13-19(33)11-21(14-39)38-35/h1-2,4-7,12,19,21,23-24,35,43H,3,8-11,13-15,33-34H2,(H,36,42)(H,37,41)/t19-,21+,23+,24-/m1/s1. The summed E-state index contributed by atoms with van der Waals surface area (Å²) in [6.45, 7) is 0.793. The van der Waals surface area contributed by atoms with Crippen LogP contribution < -0.4 is 27.6 Å². The molecule has 0 saturated carbocycles. The zero-order valence-electron chi connectivity index (χ0n) is 23.8. The Balaban J connectivity index is 1.40. The number of amides is 3. The number of nitrogens with one attached hydrogen (secondary N) is 3. The Labute approximate surface area is 252 Å². The predicted octanol–water partition coefficient (Wildman–Crippen LogP) is 1.05. The van der Waals surface area contributed by atoms with Gasteiger partial charge in [-0.15, -0.1) is 0 Å². The van der Waals surface area contributed by atoms with E-state index in [1.165, 1.54) is 17.0 Å². The van der Waals surface area contributed by atoms with Crippen molar-refractivity contribution in [2.75, 3.05) is 18.4 Å². The van der Waals surface area contributed by atoms with Crippen LogP contribution in [0.2, 0.25) is 0 Å². The smallest absolute Gasteiger partial charge is 0.423 e. The number of nitrogens with two attached hydrogens (primary N) is 2. The van der Waals surface area contributed by atoms with Crippen molar-refractivity contribution in [3.05, 3.63) is 59.2 Å². The molecule has 3 amide bonds. The summed E-state index contributed by atoms with van der Waals surface area (Å²) in [5.41, 5.74) is 20.6. The fraction of sp³-hybridized carbons (Fsp3) is 0.464. The number of anilines is 1. The minimum Gasteiger partial charge on any atom is -0.423 e. The van der Waals surface area contributed by atoms with E-state index in [4.69, 9.17) is 21.7 Å². The number of alkyl halides is 3. The summed E-state index contributed by atoms with van der Waals surface area (Å²) in [6.07, 6.45) is -3.86. The number of likely N-dealkylation sites (tertiary alicyclic amines) is 1. The Morgan fingerprint density at radius 1 is 1.14 bits per heavy atom. The Morgan fingerprint density at radius 2 is 1.86 bits per heavy atom. The number of aryl methyl sites for hydroxylation is 1. The molecule has 0 aromatic heterocycles. The largest absolute Gasteiger partial charge is 0.491 e. The van der Waals surface area contributed by atoms with Crippen LogP contribution in [0.15, 0.2) is 47.6 Å². The average molecular weight is 617 g/mol. The van der Waals surface area contributed by atoms with Crippen LogP contribution in [0.3, 0.4) is 0 Å². The average Bonchev–Trinajstić information content (AvgIpc) is 3.36. The fourth-order valence-electron chi connectivity index (χ4n) is 5.22. The third-order valence-electron chi connectivity index (χ3n) is 7.71. The molecule has 4 atom stereocenters. The fourth-order valence-corrected chi connectivity index (χ4v) is 5.22. The summed E-state index contributed by atoms with van der Waals surface area (Å²) in [6, 6.07) is 6.43. The molecule has 0 radical (unpaired) electrons. The van der Waals surface area contributed by atoms with E-state index >= 15 is 0 Å². The van der Waals surface area contributed by atoms with E-state index in [-0.39, 0.29) is 56.8 Å². The van der Waals surface area contributed by atoms with Crippen LogP contribution in [0, 0.1) is 5.53 Å². The Hall–Kier alpha value is -3.86. The molecule has 4 rings (SSSR count). The first-order valence-electron chi connectivity index (χ1n) is 14.2. The van der Waals surface area contributed by atoms with E-state index in [1.807, 2.05) is 0 Å². The quantitative estimate of drug-likeness (QED) is 0.160. The minimum absolute atomic E-state index is 0.0188. The van der Waals surface area contributed by atoms with Crippen LogP contribution in [0.25, 0.3) is 0 Å². The topological polar surface area (TPSA) is 196 Å². The van der Waals surface area contributed by atoms with E-state index in [2.05, 4.69) is 15.7 Å². The van der Waals surface area contributed by atoms with Gasteiger partial charge in [-0.2, -0.15) is 18.3 Å². The minimum atomic E-state index is -4.49. The highest BCUT2D eigenvalue weighted by Crippen LogP contribution is 2.29. The van der Waals surface area contributed by atoms with Gasteiger partial charge in [0.1, 0.15) is 6.04 Å². The number of rotatable bonds is 11. The highest BCUT2D eigenvalue weighted by molar-refractivity contribution is 6.61. The second kappa shape index (κ2) is 14.3. The summed E-state index contributed by atoms with van der Waals surface area (Å²) < 4.78 is 44.1. The van der Waals surface area contributed by atoms with Gasteiger partial charge >= 0.3 is 13.3 Å². The molecule has 1 fully saturated rings. The lowest BCUT2D eigenvalue weighted by Gasteiger charge is -2.34. The second-order valence-corrected chi connectivity index (χ2v) is 11.1. The van der Waals surface area contributed by atoms with Gasteiger partial charge in [0.2, 0.25) is 17.7 Å². The zero-order chi connectivity index (χ0) is 32.0. The number of carbonyl (C=O) groups is 3. The van der Waals surface area contributed by atoms with Crippen LogP contribution in [0.1, 0.15) is 42.4 Å². The third kappa shape index (κ3) is 8.62. The van der Waals surface area contributed by atoms with Crippen molar-refractivity contribution < 1.29 is 37.2 Å². The van der Waals surface area contributed by atoms with Crippen molar-refractivity contribution in [2.24, 2.45) is 16.6 Å². The highest BCUT2D eigenvalue weighted by Gasteiger charge is 2.32. The van der Waals surface area contributed by atoms with Gasteiger partial charge in [0.15, 0.2) is 0 Å². The number of piperidine rings is 1. The number of benzene rings is 2. The highest BCUT2D eigenvalue weighted by atomic mass is 19.4. The normalized spacial score (nSPS) is 19.6. The van der Waals surface area contributed by atoms with Gasteiger partial charge in [-0.3, -0.25) is 14.4 Å². The maximum atomic E-state index is 13.3. The molecule has 2 aromatic rings. The Kier molecular flexibility index (Phi) is 10.7. The van der Waals surface area contributed by atoms with Gasteiger partial charge in [-0.25, -0.2) is 5.53 Å².